The van der Waals surface area contributed by atoms with Gasteiger partial charge in [0.2, 0.25) is 0 Å². The number of halogens is 3. The number of carbonyl (C=O) groups is 2. The minimum Gasteiger partial charge on any atom is -0.480 e. The Balaban J connectivity index is 2.98. The number of amides is 1. The van der Waals surface area contributed by atoms with Gasteiger partial charge in [-0.15, -0.1) is 0 Å². The molecule has 0 heterocycles. The maximum Gasteiger partial charge on any atom is 0.326 e. The highest BCUT2D eigenvalue weighted by Gasteiger charge is 2.25. The van der Waals surface area contributed by atoms with Gasteiger partial charge in [0, 0.05) is 12.1 Å². The highest BCUT2D eigenvalue weighted by Crippen LogP contribution is 2.15. The molecule has 7 heteroatoms. The summed E-state index contributed by atoms with van der Waals surface area (Å²) in [6.45, 7) is 3.47. The average Bonchev–Trinajstić information content (AvgIpc) is 2.25. The van der Waals surface area contributed by atoms with Gasteiger partial charge in [-0.2, -0.15) is 0 Å². The van der Waals surface area contributed by atoms with Crippen LogP contribution in [0.15, 0.2) is 12.1 Å². The van der Waals surface area contributed by atoms with Gasteiger partial charge < -0.3 is 10.4 Å². The van der Waals surface area contributed by atoms with E-state index in [0.29, 0.717) is 12.1 Å². The van der Waals surface area contributed by atoms with Gasteiger partial charge in [0.15, 0.2) is 0 Å². The standard InChI is InChI=1S/C13H14F3NO3/c1-6(2)3-10(13(19)20)17-12(18)11-8(15)4-7(14)5-9(11)16/h4-6,10H,3H2,1-2H3,(H,17,18)(H,19,20). The van der Waals surface area contributed by atoms with Crippen LogP contribution < -0.4 is 5.32 Å². The largest absolute Gasteiger partial charge is 0.480 e. The molecule has 1 aromatic rings. The maximum absolute atomic E-state index is 13.4. The van der Waals surface area contributed by atoms with E-state index in [2.05, 4.69) is 0 Å². The summed E-state index contributed by atoms with van der Waals surface area (Å²) >= 11 is 0. The third-order valence-electron chi connectivity index (χ3n) is 2.54. The highest BCUT2D eigenvalue weighted by atomic mass is 19.1. The molecule has 0 saturated heterocycles. The fraction of sp³-hybridized carbons (Fsp3) is 0.385. The summed E-state index contributed by atoms with van der Waals surface area (Å²) in [5.41, 5.74) is -0.999. The second-order valence-corrected chi connectivity index (χ2v) is 4.74. The molecule has 0 aliphatic carbocycles. The number of hydrogen-bond donors (Lipinski definition) is 2. The number of nitrogens with one attached hydrogen (secondary N) is 1. The molecule has 0 aliphatic rings. The summed E-state index contributed by atoms with van der Waals surface area (Å²) in [6, 6.07) is -0.557. The topological polar surface area (TPSA) is 66.4 Å². The van der Waals surface area contributed by atoms with Crippen LogP contribution in [0.2, 0.25) is 0 Å². The van der Waals surface area contributed by atoms with Gasteiger partial charge in [-0.25, -0.2) is 18.0 Å². The van der Waals surface area contributed by atoms with Crippen LogP contribution in [0.3, 0.4) is 0 Å². The lowest BCUT2D eigenvalue weighted by molar-refractivity contribution is -0.139. The van der Waals surface area contributed by atoms with Gasteiger partial charge in [-0.3, -0.25) is 4.79 Å². The number of carboxylic acid groups (broad SMARTS) is 1. The van der Waals surface area contributed by atoms with Gasteiger partial charge in [0.25, 0.3) is 5.91 Å². The minimum atomic E-state index is -1.38. The predicted molar refractivity (Wildman–Crippen MR) is 64.7 cm³/mol. The van der Waals surface area contributed by atoms with Crippen molar-refractivity contribution in [2.24, 2.45) is 5.92 Å². The predicted octanol–water partition coefficient (Wildman–Crippen LogP) is 2.33. The fourth-order valence-electron chi connectivity index (χ4n) is 1.68. The van der Waals surface area contributed by atoms with E-state index in [1.165, 1.54) is 0 Å². The number of hydrogen-bond acceptors (Lipinski definition) is 2. The molecule has 0 radical (unpaired) electrons. The lowest BCUT2D eigenvalue weighted by atomic mass is 10.0. The van der Waals surface area contributed by atoms with Crippen molar-refractivity contribution in [3.8, 4) is 0 Å². The van der Waals surface area contributed by atoms with E-state index in [0.717, 1.165) is 0 Å². The third-order valence-corrected chi connectivity index (χ3v) is 2.54. The van der Waals surface area contributed by atoms with Crippen LogP contribution in [0.1, 0.15) is 30.6 Å². The number of carbonyl (C=O) groups excluding carboxylic acids is 1. The van der Waals surface area contributed by atoms with Crippen LogP contribution in [0.25, 0.3) is 0 Å². The molecule has 0 saturated carbocycles. The van der Waals surface area contributed by atoms with E-state index in [4.69, 9.17) is 5.11 Å². The number of rotatable bonds is 5. The van der Waals surface area contributed by atoms with Crippen molar-refractivity contribution < 1.29 is 27.9 Å². The smallest absolute Gasteiger partial charge is 0.326 e. The van der Waals surface area contributed by atoms with Crippen molar-refractivity contribution >= 4 is 11.9 Å². The van der Waals surface area contributed by atoms with Crippen LogP contribution in [-0.2, 0) is 4.79 Å². The molecular formula is C13H14F3NO3. The number of aliphatic carboxylic acids is 1. The van der Waals surface area contributed by atoms with Gasteiger partial charge in [0.1, 0.15) is 29.1 Å². The molecular weight excluding hydrogens is 275 g/mol. The number of carboxylic acids is 1. The summed E-state index contributed by atoms with van der Waals surface area (Å²) in [5, 5.41) is 11.0. The molecule has 1 unspecified atom stereocenters. The van der Waals surface area contributed by atoms with E-state index in [1.807, 2.05) is 5.32 Å². The summed E-state index contributed by atoms with van der Waals surface area (Å²) in [6.07, 6.45) is 0.103. The SMILES string of the molecule is CC(C)CC(NC(=O)c1c(F)cc(F)cc1F)C(=O)O. The van der Waals surface area contributed by atoms with E-state index < -0.39 is 40.9 Å². The van der Waals surface area contributed by atoms with Crippen molar-refractivity contribution in [2.75, 3.05) is 0 Å². The molecule has 2 N–H and O–H groups in total. The first kappa shape index (κ1) is 16.0. The zero-order valence-corrected chi connectivity index (χ0v) is 10.9. The normalized spacial score (nSPS) is 12.3. The van der Waals surface area contributed by atoms with E-state index >= 15 is 0 Å². The molecule has 1 amide bonds. The Labute approximate surface area is 113 Å². The Morgan fingerprint density at radius 3 is 2.10 bits per heavy atom. The molecule has 0 aromatic heterocycles. The summed E-state index contributed by atoms with van der Waals surface area (Å²) in [7, 11) is 0. The highest BCUT2D eigenvalue weighted by molar-refractivity contribution is 5.97. The van der Waals surface area contributed by atoms with E-state index in [-0.39, 0.29) is 12.3 Å². The molecule has 0 bridgehead atoms. The van der Waals surface area contributed by atoms with Crippen molar-refractivity contribution in [2.45, 2.75) is 26.3 Å². The van der Waals surface area contributed by atoms with Crippen LogP contribution >= 0.6 is 0 Å². The lowest BCUT2D eigenvalue weighted by Crippen LogP contribution is -2.42. The number of benzene rings is 1. The van der Waals surface area contributed by atoms with Crippen molar-refractivity contribution in [1.82, 2.24) is 5.32 Å². The first-order valence-corrected chi connectivity index (χ1v) is 5.90. The Morgan fingerprint density at radius 1 is 1.20 bits per heavy atom. The first-order chi connectivity index (χ1) is 9.22. The van der Waals surface area contributed by atoms with Crippen molar-refractivity contribution in [3.63, 3.8) is 0 Å². The second kappa shape index (κ2) is 6.40. The molecule has 20 heavy (non-hydrogen) atoms. The Bertz CT molecular complexity index is 509. The van der Waals surface area contributed by atoms with Crippen molar-refractivity contribution in [3.05, 3.63) is 35.1 Å². The summed E-state index contributed by atoms with van der Waals surface area (Å²) in [4.78, 5) is 22.7. The van der Waals surface area contributed by atoms with Gasteiger partial charge >= 0.3 is 5.97 Å². The minimum absolute atomic E-state index is 0.0423. The molecule has 4 nitrogen and oxygen atoms in total. The fourth-order valence-corrected chi connectivity index (χ4v) is 1.68. The monoisotopic (exact) mass is 289 g/mol. The summed E-state index contributed by atoms with van der Waals surface area (Å²) in [5.74, 6) is -6.50. The zero-order chi connectivity index (χ0) is 15.4. The van der Waals surface area contributed by atoms with Crippen LogP contribution in [0.4, 0.5) is 13.2 Å². The Kier molecular flexibility index (Phi) is 5.12. The molecule has 1 aromatic carbocycles. The molecule has 1 rings (SSSR count). The van der Waals surface area contributed by atoms with Crippen LogP contribution in [0, 0.1) is 23.4 Å². The molecule has 0 spiro atoms. The van der Waals surface area contributed by atoms with Crippen molar-refractivity contribution in [1.29, 1.82) is 0 Å². The molecule has 0 aliphatic heterocycles. The molecule has 110 valence electrons. The molecule has 0 fully saturated rings. The summed E-state index contributed by atoms with van der Waals surface area (Å²) < 4.78 is 39.5. The average molecular weight is 289 g/mol. The Morgan fingerprint density at radius 2 is 1.70 bits per heavy atom. The Hall–Kier alpha value is -2.05. The van der Waals surface area contributed by atoms with Gasteiger partial charge in [-0.1, -0.05) is 13.8 Å². The zero-order valence-electron chi connectivity index (χ0n) is 10.9. The molecule has 1 atom stereocenters. The van der Waals surface area contributed by atoms with Crippen LogP contribution in [-0.4, -0.2) is 23.0 Å². The maximum atomic E-state index is 13.4. The second-order valence-electron chi connectivity index (χ2n) is 4.74. The van der Waals surface area contributed by atoms with E-state index in [1.54, 1.807) is 13.8 Å². The lowest BCUT2D eigenvalue weighted by Gasteiger charge is -2.16. The van der Waals surface area contributed by atoms with Crippen LogP contribution in [0.5, 0.6) is 0 Å². The van der Waals surface area contributed by atoms with Gasteiger partial charge in [-0.05, 0) is 12.3 Å². The quantitative estimate of drug-likeness (QED) is 0.874. The first-order valence-electron chi connectivity index (χ1n) is 5.90. The van der Waals surface area contributed by atoms with Gasteiger partial charge in [0.05, 0.1) is 0 Å². The van der Waals surface area contributed by atoms with E-state index in [9.17, 15) is 22.8 Å². The third kappa shape index (κ3) is 3.97.